The Labute approximate surface area is 222 Å². The van der Waals surface area contributed by atoms with Crippen LogP contribution in [0.1, 0.15) is 26.2 Å². The summed E-state index contributed by atoms with van der Waals surface area (Å²) in [5, 5.41) is 9.76. The number of β-amino-alcohol motifs (C(OH)–C–C–N with tert-alkyl or cyclic N) is 1. The summed E-state index contributed by atoms with van der Waals surface area (Å²) >= 11 is 1.59. The number of carbonyl (C=O) groups is 3. The zero-order valence-electron chi connectivity index (χ0n) is 21.5. The topological polar surface area (TPSA) is 96.4 Å². The Morgan fingerprint density at radius 1 is 1.27 bits per heavy atom. The van der Waals surface area contributed by atoms with Gasteiger partial charge >= 0.3 is 5.97 Å². The number of ether oxygens (including phenoxy) is 2. The Morgan fingerprint density at radius 3 is 2.62 bits per heavy atom. The third-order valence-corrected chi connectivity index (χ3v) is 9.93. The lowest BCUT2D eigenvalue weighted by atomic mass is 9.66. The van der Waals surface area contributed by atoms with Crippen LogP contribution in [0.15, 0.2) is 49.6 Å². The van der Waals surface area contributed by atoms with E-state index in [1.54, 1.807) is 60.2 Å². The van der Waals surface area contributed by atoms with Crippen molar-refractivity contribution in [1.82, 2.24) is 4.90 Å². The van der Waals surface area contributed by atoms with Crippen LogP contribution in [-0.4, -0.2) is 77.2 Å². The maximum Gasteiger partial charge on any atom is 0.310 e. The molecule has 3 aliphatic heterocycles. The van der Waals surface area contributed by atoms with Crippen molar-refractivity contribution in [3.8, 4) is 5.75 Å². The molecule has 6 atom stereocenters. The van der Waals surface area contributed by atoms with E-state index in [1.165, 1.54) is 4.90 Å². The zero-order chi connectivity index (χ0) is 26.7. The molecule has 3 heterocycles. The van der Waals surface area contributed by atoms with Gasteiger partial charge in [-0.1, -0.05) is 19.1 Å². The number of methoxy groups -OCH3 is 1. The largest absolute Gasteiger partial charge is 0.497 e. The number of rotatable bonds is 12. The van der Waals surface area contributed by atoms with Gasteiger partial charge in [-0.25, -0.2) is 0 Å². The molecule has 0 aliphatic carbocycles. The van der Waals surface area contributed by atoms with Crippen molar-refractivity contribution in [2.75, 3.05) is 38.3 Å². The predicted molar refractivity (Wildman–Crippen MR) is 143 cm³/mol. The molecule has 0 saturated carbocycles. The van der Waals surface area contributed by atoms with E-state index in [2.05, 4.69) is 20.1 Å². The molecule has 1 aromatic rings. The summed E-state index contributed by atoms with van der Waals surface area (Å²) in [5.74, 6) is -1.45. The number of aliphatic hydroxyl groups excluding tert-OH is 1. The van der Waals surface area contributed by atoms with Gasteiger partial charge in [0.25, 0.3) is 5.91 Å². The standard InChI is InChI=1S/C28H36N2O6S/c1-5-7-8-16-36-27(34)22-21-17-18(3)28(37-21)23(22)25(32)30(14-15-31)24(28)26(33)29(13-6-2)19-9-11-20(35-4)12-10-19/h5-6,9-12,18,21-24,31H,1-2,7-8,13-17H2,3-4H3/t18?,21-,22+,23+,24?,28?/m1/s1. The normalized spacial score (nSPS) is 29.6. The Balaban J connectivity index is 1.70. The minimum atomic E-state index is -0.817. The predicted octanol–water partition coefficient (Wildman–Crippen LogP) is 3.05. The Kier molecular flexibility index (Phi) is 8.33. The van der Waals surface area contributed by atoms with Gasteiger partial charge in [0.05, 0.1) is 36.9 Å². The summed E-state index contributed by atoms with van der Waals surface area (Å²) < 4.78 is 10.1. The van der Waals surface area contributed by atoms with Crippen LogP contribution < -0.4 is 9.64 Å². The third kappa shape index (κ3) is 4.56. The van der Waals surface area contributed by atoms with Crippen molar-refractivity contribution in [3.63, 3.8) is 0 Å². The number of carbonyl (C=O) groups excluding carboxylic acids is 3. The number of likely N-dealkylation sites (tertiary alicyclic amines) is 1. The SMILES string of the molecule is C=CCCCOC(=O)[C@@H]1[C@H]2C(=O)N(CCO)C(C(=O)N(CC=C)c3ccc(OC)cc3)C23S[C@@H]1CC3C. The first kappa shape index (κ1) is 27.3. The van der Waals surface area contributed by atoms with Crippen LogP contribution in [0, 0.1) is 17.8 Å². The van der Waals surface area contributed by atoms with Gasteiger partial charge in [0.2, 0.25) is 5.91 Å². The van der Waals surface area contributed by atoms with Gasteiger partial charge in [0.1, 0.15) is 11.8 Å². The summed E-state index contributed by atoms with van der Waals surface area (Å²) in [5.41, 5.74) is 0.658. The molecule has 9 heteroatoms. The van der Waals surface area contributed by atoms with E-state index in [0.717, 1.165) is 12.8 Å². The molecule has 1 N–H and O–H groups in total. The van der Waals surface area contributed by atoms with E-state index >= 15 is 0 Å². The van der Waals surface area contributed by atoms with Gasteiger partial charge < -0.3 is 24.4 Å². The van der Waals surface area contributed by atoms with Gasteiger partial charge in [-0.05, 0) is 49.4 Å². The molecule has 200 valence electrons. The molecule has 37 heavy (non-hydrogen) atoms. The van der Waals surface area contributed by atoms with Gasteiger partial charge in [-0.2, -0.15) is 0 Å². The van der Waals surface area contributed by atoms with E-state index in [4.69, 9.17) is 9.47 Å². The van der Waals surface area contributed by atoms with Crippen LogP contribution in [-0.2, 0) is 19.1 Å². The first-order valence-electron chi connectivity index (χ1n) is 12.8. The molecule has 1 spiro atoms. The fraction of sp³-hybridized carbons (Fsp3) is 0.536. The maximum absolute atomic E-state index is 14.3. The summed E-state index contributed by atoms with van der Waals surface area (Å²) in [7, 11) is 1.58. The molecule has 3 saturated heterocycles. The molecular formula is C28H36N2O6S. The number of unbranched alkanes of at least 4 members (excludes halogenated alkanes) is 1. The molecule has 8 nitrogen and oxygen atoms in total. The third-order valence-electron chi connectivity index (χ3n) is 7.85. The fourth-order valence-electron chi connectivity index (χ4n) is 6.27. The number of hydrogen-bond donors (Lipinski definition) is 1. The van der Waals surface area contributed by atoms with Crippen LogP contribution in [0.5, 0.6) is 5.75 Å². The molecular weight excluding hydrogens is 492 g/mol. The second-order valence-corrected chi connectivity index (χ2v) is 11.4. The second-order valence-electron chi connectivity index (χ2n) is 9.84. The van der Waals surface area contributed by atoms with Gasteiger partial charge in [0.15, 0.2) is 0 Å². The monoisotopic (exact) mass is 528 g/mol. The summed E-state index contributed by atoms with van der Waals surface area (Å²) in [6.07, 6.45) is 5.57. The molecule has 3 fully saturated rings. The van der Waals surface area contributed by atoms with Crippen molar-refractivity contribution >= 4 is 35.2 Å². The Morgan fingerprint density at radius 2 is 2.00 bits per heavy atom. The molecule has 2 amide bonds. The maximum atomic E-state index is 14.3. The number of esters is 1. The quantitative estimate of drug-likeness (QED) is 0.253. The average Bonchev–Trinajstić information content (AvgIpc) is 3.49. The lowest BCUT2D eigenvalue weighted by Crippen LogP contribution is -2.57. The molecule has 0 radical (unpaired) electrons. The number of fused-ring (bicyclic) bond motifs is 1. The highest BCUT2D eigenvalue weighted by molar-refractivity contribution is 8.02. The highest BCUT2D eigenvalue weighted by Crippen LogP contribution is 2.68. The van der Waals surface area contributed by atoms with E-state index < -0.39 is 22.6 Å². The average molecular weight is 529 g/mol. The van der Waals surface area contributed by atoms with Crippen molar-refractivity contribution in [2.24, 2.45) is 17.8 Å². The first-order valence-corrected chi connectivity index (χ1v) is 13.7. The second kappa shape index (κ2) is 11.3. The lowest BCUT2D eigenvalue weighted by molar-refractivity contribution is -0.154. The smallest absolute Gasteiger partial charge is 0.310 e. The molecule has 3 aliphatic rings. The number of aliphatic hydroxyl groups is 1. The van der Waals surface area contributed by atoms with Crippen LogP contribution >= 0.6 is 11.8 Å². The fourth-order valence-corrected chi connectivity index (χ4v) is 8.68. The van der Waals surface area contributed by atoms with Crippen LogP contribution in [0.4, 0.5) is 5.69 Å². The molecule has 0 aromatic heterocycles. The van der Waals surface area contributed by atoms with Crippen LogP contribution in [0.25, 0.3) is 0 Å². The molecule has 1 aromatic carbocycles. The number of thioether (sulfide) groups is 1. The number of anilines is 1. The van der Waals surface area contributed by atoms with Crippen molar-refractivity contribution in [3.05, 3.63) is 49.6 Å². The number of allylic oxidation sites excluding steroid dienone is 1. The highest BCUT2D eigenvalue weighted by Gasteiger charge is 2.76. The number of amides is 2. The van der Waals surface area contributed by atoms with Crippen LogP contribution in [0.2, 0.25) is 0 Å². The first-order chi connectivity index (χ1) is 17.8. The number of benzene rings is 1. The van der Waals surface area contributed by atoms with E-state index in [-0.39, 0.29) is 55.3 Å². The minimum absolute atomic E-state index is 0.0249. The van der Waals surface area contributed by atoms with E-state index in [0.29, 0.717) is 17.9 Å². The van der Waals surface area contributed by atoms with Crippen molar-refractivity contribution in [2.45, 2.75) is 42.2 Å². The molecule has 3 unspecified atom stereocenters. The summed E-state index contributed by atoms with van der Waals surface area (Å²) in [4.78, 5) is 44.6. The molecule has 2 bridgehead atoms. The zero-order valence-corrected chi connectivity index (χ0v) is 22.3. The number of nitrogens with zero attached hydrogens (tertiary/aromatic N) is 2. The lowest BCUT2D eigenvalue weighted by Gasteiger charge is -2.40. The Hall–Kier alpha value is -2.78. The minimum Gasteiger partial charge on any atom is -0.497 e. The summed E-state index contributed by atoms with van der Waals surface area (Å²) in [6.45, 7) is 9.86. The van der Waals surface area contributed by atoms with E-state index in [9.17, 15) is 19.5 Å². The van der Waals surface area contributed by atoms with Crippen molar-refractivity contribution in [1.29, 1.82) is 0 Å². The highest BCUT2D eigenvalue weighted by atomic mass is 32.2. The van der Waals surface area contributed by atoms with E-state index in [1.807, 2.05) is 0 Å². The number of hydrogen-bond acceptors (Lipinski definition) is 7. The van der Waals surface area contributed by atoms with Crippen LogP contribution in [0.3, 0.4) is 0 Å². The van der Waals surface area contributed by atoms with Crippen molar-refractivity contribution < 1.29 is 29.0 Å². The van der Waals surface area contributed by atoms with Gasteiger partial charge in [0, 0.05) is 24.0 Å². The van der Waals surface area contributed by atoms with Gasteiger partial charge in [-0.15, -0.1) is 24.9 Å². The molecule has 4 rings (SSSR count). The summed E-state index contributed by atoms with van der Waals surface area (Å²) in [6, 6.07) is 6.34. The Bertz CT molecular complexity index is 1050. The van der Waals surface area contributed by atoms with Gasteiger partial charge in [-0.3, -0.25) is 14.4 Å².